The van der Waals surface area contributed by atoms with Crippen LogP contribution in [0.4, 0.5) is 0 Å². The van der Waals surface area contributed by atoms with Crippen molar-refractivity contribution in [3.05, 3.63) is 47.8 Å². The van der Waals surface area contributed by atoms with Gasteiger partial charge in [0.05, 0.1) is 13.2 Å². The minimum atomic E-state index is 0.547. The summed E-state index contributed by atoms with van der Waals surface area (Å²) in [5, 5.41) is 0. The lowest BCUT2D eigenvalue weighted by Crippen LogP contribution is -2.22. The largest absolute Gasteiger partial charge is 0.478 e. The molecule has 5 aliphatic rings. The molecule has 21 heavy (non-hydrogen) atoms. The molecule has 2 aromatic heterocycles. The average molecular weight is 282 g/mol. The summed E-state index contributed by atoms with van der Waals surface area (Å²) in [5.74, 6) is 2.49. The minimum Gasteiger partial charge on any atom is -0.478 e. The molecule has 0 N–H and O–H groups in total. The molecule has 4 nitrogen and oxygen atoms in total. The van der Waals surface area contributed by atoms with Gasteiger partial charge in [0, 0.05) is 30.9 Å². The maximum absolute atomic E-state index is 5.63. The molecule has 108 valence electrons. The van der Waals surface area contributed by atoms with Crippen molar-refractivity contribution in [1.82, 2.24) is 9.97 Å². The maximum atomic E-state index is 5.63. The third-order valence-electron chi connectivity index (χ3n) is 4.44. The van der Waals surface area contributed by atoms with E-state index < -0.39 is 0 Å². The molecule has 1 fully saturated rings. The molecule has 0 aromatic carbocycles. The molecule has 2 aromatic rings. The second kappa shape index (κ2) is 5.35. The van der Waals surface area contributed by atoms with Gasteiger partial charge in [-0.1, -0.05) is 12.1 Å². The van der Waals surface area contributed by atoms with E-state index in [1.54, 1.807) is 0 Å². The predicted octanol–water partition coefficient (Wildman–Crippen LogP) is 3.30. The molecule has 4 heteroatoms. The van der Waals surface area contributed by atoms with Crippen molar-refractivity contribution >= 4 is 0 Å². The third-order valence-corrected chi connectivity index (χ3v) is 4.44. The van der Waals surface area contributed by atoms with Gasteiger partial charge in [-0.3, -0.25) is 0 Å². The van der Waals surface area contributed by atoms with E-state index in [4.69, 9.17) is 9.47 Å². The van der Waals surface area contributed by atoms with E-state index in [2.05, 4.69) is 22.1 Å². The lowest BCUT2D eigenvalue weighted by atomic mass is 9.67. The van der Waals surface area contributed by atoms with Crippen LogP contribution in [0.5, 0.6) is 11.8 Å². The summed E-state index contributed by atoms with van der Waals surface area (Å²) in [6.45, 7) is 1.22. The third kappa shape index (κ3) is 2.46. The Kier molecular flexibility index (Phi) is 3.22. The molecule has 0 radical (unpaired) electrons. The highest BCUT2D eigenvalue weighted by Gasteiger charge is 2.33. The average Bonchev–Trinajstić information content (AvgIpc) is 2.49. The topological polar surface area (TPSA) is 44.2 Å². The Balaban J connectivity index is 1.67. The fraction of sp³-hybridized carbons (Fsp3) is 0.412. The predicted molar refractivity (Wildman–Crippen MR) is 78.8 cm³/mol. The van der Waals surface area contributed by atoms with Crippen molar-refractivity contribution in [3.63, 3.8) is 0 Å². The number of pyridine rings is 2. The van der Waals surface area contributed by atoms with E-state index in [9.17, 15) is 0 Å². The first kappa shape index (κ1) is 12.6. The molecule has 4 aliphatic heterocycles. The number of hydrogen-bond donors (Lipinski definition) is 0. The van der Waals surface area contributed by atoms with Crippen molar-refractivity contribution in [1.29, 1.82) is 0 Å². The Morgan fingerprint density at radius 1 is 0.762 bits per heavy atom. The lowest BCUT2D eigenvalue weighted by molar-refractivity contribution is 0.237. The molecule has 0 spiro atoms. The number of nitrogens with zero attached hydrogens (tertiary/aromatic N) is 2. The molecular formula is C17H18N2O2. The second-order valence-electron chi connectivity index (χ2n) is 5.70. The van der Waals surface area contributed by atoms with Crippen LogP contribution < -0.4 is 9.47 Å². The second-order valence-corrected chi connectivity index (χ2v) is 5.70. The summed E-state index contributed by atoms with van der Waals surface area (Å²) in [5.41, 5.74) is 2.60. The Morgan fingerprint density at radius 3 is 1.67 bits per heavy atom. The monoisotopic (exact) mass is 282 g/mol. The maximum Gasteiger partial charge on any atom is 0.213 e. The van der Waals surface area contributed by atoms with Gasteiger partial charge in [-0.15, -0.1) is 0 Å². The molecule has 2 atom stereocenters. The van der Waals surface area contributed by atoms with E-state index in [-0.39, 0.29) is 0 Å². The smallest absolute Gasteiger partial charge is 0.213 e. The first-order valence-corrected chi connectivity index (χ1v) is 7.58. The van der Waals surface area contributed by atoms with Gasteiger partial charge in [0.1, 0.15) is 0 Å². The Labute approximate surface area is 124 Å². The van der Waals surface area contributed by atoms with Crippen molar-refractivity contribution in [2.45, 2.75) is 31.1 Å². The van der Waals surface area contributed by atoms with Crippen molar-refractivity contribution < 1.29 is 9.47 Å². The Bertz CT molecular complexity index is 554. The molecule has 0 saturated heterocycles. The van der Waals surface area contributed by atoms with Crippen LogP contribution >= 0.6 is 0 Å². The number of aromatic nitrogens is 2. The number of ether oxygens (including phenoxy) is 2. The summed E-state index contributed by atoms with van der Waals surface area (Å²) >= 11 is 0. The first-order valence-electron chi connectivity index (χ1n) is 7.58. The van der Waals surface area contributed by atoms with Gasteiger partial charge in [0.25, 0.3) is 0 Å². The van der Waals surface area contributed by atoms with Gasteiger partial charge in [0.2, 0.25) is 11.8 Å². The fourth-order valence-electron chi connectivity index (χ4n) is 3.10. The summed E-state index contributed by atoms with van der Waals surface area (Å²) in [7, 11) is 0. The Morgan fingerprint density at radius 2 is 1.29 bits per heavy atom. The zero-order valence-corrected chi connectivity index (χ0v) is 11.9. The quantitative estimate of drug-likeness (QED) is 0.743. The van der Waals surface area contributed by atoms with Crippen molar-refractivity contribution in [3.8, 4) is 11.8 Å². The summed E-state index contributed by atoms with van der Waals surface area (Å²) < 4.78 is 11.3. The van der Waals surface area contributed by atoms with Gasteiger partial charge in [-0.2, -0.15) is 0 Å². The van der Waals surface area contributed by atoms with Crippen LogP contribution in [0, 0.1) is 0 Å². The van der Waals surface area contributed by atoms with E-state index in [0.29, 0.717) is 36.8 Å². The SMILES string of the molecule is c1cc2ncc1C1CCC1c1ccc(nc1)OCCCO2. The van der Waals surface area contributed by atoms with Crippen LogP contribution in [0.3, 0.4) is 0 Å². The lowest BCUT2D eigenvalue weighted by Gasteiger charge is -2.37. The molecule has 0 amide bonds. The molecule has 2 unspecified atom stereocenters. The van der Waals surface area contributed by atoms with Crippen LogP contribution in [0.1, 0.15) is 42.2 Å². The van der Waals surface area contributed by atoms with E-state index >= 15 is 0 Å². The van der Waals surface area contributed by atoms with Gasteiger partial charge in [0.15, 0.2) is 0 Å². The van der Waals surface area contributed by atoms with E-state index in [1.165, 1.54) is 24.0 Å². The number of rotatable bonds is 0. The summed E-state index contributed by atoms with van der Waals surface area (Å²) in [6, 6.07) is 8.26. The number of hydrogen-bond acceptors (Lipinski definition) is 4. The van der Waals surface area contributed by atoms with Crippen molar-refractivity contribution in [2.75, 3.05) is 13.2 Å². The molecular weight excluding hydrogens is 264 g/mol. The highest BCUT2D eigenvalue weighted by Crippen LogP contribution is 2.48. The molecule has 4 bridgehead atoms. The zero-order chi connectivity index (χ0) is 14.1. The van der Waals surface area contributed by atoms with Crippen molar-refractivity contribution in [2.24, 2.45) is 0 Å². The van der Waals surface area contributed by atoms with Crippen LogP contribution in [-0.4, -0.2) is 23.2 Å². The highest BCUT2D eigenvalue weighted by atomic mass is 16.5. The van der Waals surface area contributed by atoms with Crippen LogP contribution in [0.25, 0.3) is 0 Å². The van der Waals surface area contributed by atoms with Crippen LogP contribution in [0.2, 0.25) is 0 Å². The van der Waals surface area contributed by atoms with E-state index in [1.807, 2.05) is 24.5 Å². The first-order chi connectivity index (χ1) is 10.4. The highest BCUT2D eigenvalue weighted by molar-refractivity contribution is 5.32. The normalized spacial score (nSPS) is 24.0. The van der Waals surface area contributed by atoms with E-state index in [0.717, 1.165) is 6.42 Å². The van der Waals surface area contributed by atoms with Gasteiger partial charge < -0.3 is 9.47 Å². The standard InChI is InChI=1S/C17H18N2O2/c1-8-20-16-6-2-12(10-18-16)14-4-5-15(14)13-3-7-17(19-11-13)21-9-1/h2-3,6-7,10-11,14-15H,1,4-5,8-9H2. The molecule has 6 heterocycles. The fourth-order valence-corrected chi connectivity index (χ4v) is 3.10. The van der Waals surface area contributed by atoms with Gasteiger partial charge >= 0.3 is 0 Å². The van der Waals surface area contributed by atoms with Gasteiger partial charge in [-0.05, 0) is 35.8 Å². The minimum absolute atomic E-state index is 0.547. The molecule has 7 rings (SSSR count). The molecule has 1 saturated carbocycles. The van der Waals surface area contributed by atoms with Gasteiger partial charge in [-0.25, -0.2) is 9.97 Å². The Hall–Kier alpha value is -2.10. The zero-order valence-electron chi connectivity index (χ0n) is 11.9. The molecule has 1 aliphatic carbocycles. The van der Waals surface area contributed by atoms with Crippen LogP contribution in [0.15, 0.2) is 36.7 Å². The van der Waals surface area contributed by atoms with Crippen LogP contribution in [-0.2, 0) is 0 Å². The summed E-state index contributed by atoms with van der Waals surface area (Å²) in [4.78, 5) is 8.84. The summed E-state index contributed by atoms with van der Waals surface area (Å²) in [6.07, 6.45) is 7.17.